The first-order valence-electron chi connectivity index (χ1n) is 5.08. The van der Waals surface area contributed by atoms with Crippen LogP contribution in [0.3, 0.4) is 0 Å². The lowest BCUT2D eigenvalue weighted by Crippen LogP contribution is -2.39. The molecule has 76 valence electrons. The molecule has 0 aromatic carbocycles. The average Bonchev–Trinajstić information content (AvgIpc) is 2.42. The molecule has 0 amide bonds. The molecule has 0 unspecified atom stereocenters. The fraction of sp³-hybridized carbons (Fsp3) is 0.900. The smallest absolute Gasteiger partial charge is 0.168 e. The Kier molecular flexibility index (Phi) is 3.54. The van der Waals surface area contributed by atoms with E-state index >= 15 is 0 Å². The van der Waals surface area contributed by atoms with Gasteiger partial charge in [0.25, 0.3) is 0 Å². The highest BCUT2D eigenvalue weighted by Crippen LogP contribution is 2.28. The first-order chi connectivity index (χ1) is 6.05. The van der Waals surface area contributed by atoms with Crippen LogP contribution in [-0.2, 0) is 0 Å². The number of likely N-dealkylation sites (tertiary alicyclic amines) is 1. The van der Waals surface area contributed by atoms with Crippen LogP contribution in [0.15, 0.2) is 0 Å². The van der Waals surface area contributed by atoms with Crippen LogP contribution >= 0.6 is 12.2 Å². The second-order valence-electron chi connectivity index (χ2n) is 4.57. The van der Waals surface area contributed by atoms with Crippen molar-refractivity contribution < 1.29 is 0 Å². The number of hydrogen-bond donors (Lipinski definition) is 1. The summed E-state index contributed by atoms with van der Waals surface area (Å²) in [6.45, 7) is 9.97. The van der Waals surface area contributed by atoms with Crippen LogP contribution in [0.1, 0.15) is 33.6 Å². The lowest BCUT2D eigenvalue weighted by molar-refractivity contribution is 0.373. The Bertz CT molecular complexity index is 189. The van der Waals surface area contributed by atoms with E-state index in [-0.39, 0.29) is 0 Å². The fourth-order valence-corrected chi connectivity index (χ4v) is 1.89. The Balaban J connectivity index is 2.33. The third-order valence-electron chi connectivity index (χ3n) is 2.49. The summed E-state index contributed by atoms with van der Waals surface area (Å²) < 4.78 is 0. The van der Waals surface area contributed by atoms with E-state index in [1.54, 1.807) is 0 Å². The van der Waals surface area contributed by atoms with E-state index in [4.69, 9.17) is 12.2 Å². The van der Waals surface area contributed by atoms with E-state index in [9.17, 15) is 0 Å². The molecule has 0 saturated carbocycles. The number of rotatable bonds is 2. The molecular weight excluding hydrogens is 180 g/mol. The van der Waals surface area contributed by atoms with Crippen molar-refractivity contribution in [2.75, 3.05) is 19.6 Å². The van der Waals surface area contributed by atoms with Gasteiger partial charge in [-0.15, -0.1) is 0 Å². The van der Waals surface area contributed by atoms with E-state index in [0.29, 0.717) is 5.41 Å². The summed E-state index contributed by atoms with van der Waals surface area (Å²) in [5.74, 6) is 0. The molecule has 1 rings (SSSR count). The lowest BCUT2D eigenvalue weighted by atomic mass is 9.93. The van der Waals surface area contributed by atoms with Crippen LogP contribution in [0.2, 0.25) is 0 Å². The summed E-state index contributed by atoms with van der Waals surface area (Å²) >= 11 is 5.30. The second-order valence-corrected chi connectivity index (χ2v) is 4.95. The Morgan fingerprint density at radius 1 is 1.54 bits per heavy atom. The van der Waals surface area contributed by atoms with Crippen LogP contribution < -0.4 is 5.32 Å². The largest absolute Gasteiger partial charge is 0.363 e. The van der Waals surface area contributed by atoms with Crippen LogP contribution in [0, 0.1) is 5.41 Å². The minimum absolute atomic E-state index is 0.442. The maximum Gasteiger partial charge on any atom is 0.168 e. The van der Waals surface area contributed by atoms with E-state index in [1.165, 1.54) is 6.42 Å². The predicted molar refractivity (Wildman–Crippen MR) is 60.9 cm³/mol. The second kappa shape index (κ2) is 4.27. The minimum atomic E-state index is 0.442. The Morgan fingerprint density at radius 3 is 2.69 bits per heavy atom. The monoisotopic (exact) mass is 200 g/mol. The molecule has 1 aliphatic heterocycles. The number of hydrogen-bond acceptors (Lipinski definition) is 1. The zero-order valence-electron chi connectivity index (χ0n) is 8.89. The van der Waals surface area contributed by atoms with Gasteiger partial charge in [0.1, 0.15) is 0 Å². The SMILES string of the molecule is CCCNC(=S)N1CCC(C)(C)C1. The Labute approximate surface area is 86.7 Å². The van der Waals surface area contributed by atoms with Gasteiger partial charge in [0, 0.05) is 19.6 Å². The van der Waals surface area contributed by atoms with Crippen LogP contribution in [-0.4, -0.2) is 29.6 Å². The molecule has 0 aromatic rings. The van der Waals surface area contributed by atoms with Gasteiger partial charge in [0.15, 0.2) is 5.11 Å². The molecule has 0 aliphatic carbocycles. The van der Waals surface area contributed by atoms with Gasteiger partial charge in [-0.25, -0.2) is 0 Å². The number of thiocarbonyl (C=S) groups is 1. The molecule has 13 heavy (non-hydrogen) atoms. The van der Waals surface area contributed by atoms with Crippen LogP contribution in [0.25, 0.3) is 0 Å². The third kappa shape index (κ3) is 3.14. The molecule has 2 nitrogen and oxygen atoms in total. The number of nitrogens with zero attached hydrogens (tertiary/aromatic N) is 1. The molecule has 0 atom stereocenters. The molecule has 0 bridgehead atoms. The van der Waals surface area contributed by atoms with Crippen molar-refractivity contribution in [3.63, 3.8) is 0 Å². The van der Waals surface area contributed by atoms with E-state index in [1.807, 2.05) is 0 Å². The summed E-state index contributed by atoms with van der Waals surface area (Å²) in [5.41, 5.74) is 0.442. The zero-order valence-corrected chi connectivity index (χ0v) is 9.71. The Hall–Kier alpha value is -0.310. The highest BCUT2D eigenvalue weighted by Gasteiger charge is 2.30. The molecule has 1 aliphatic rings. The molecular formula is C10H20N2S. The van der Waals surface area contributed by atoms with Crippen molar-refractivity contribution in [1.29, 1.82) is 0 Å². The van der Waals surface area contributed by atoms with Gasteiger partial charge in [-0.05, 0) is 30.5 Å². The van der Waals surface area contributed by atoms with Gasteiger partial charge in [-0.2, -0.15) is 0 Å². The van der Waals surface area contributed by atoms with Crippen molar-refractivity contribution in [2.24, 2.45) is 5.41 Å². The summed E-state index contributed by atoms with van der Waals surface area (Å²) in [4.78, 5) is 2.28. The van der Waals surface area contributed by atoms with Crippen molar-refractivity contribution in [3.05, 3.63) is 0 Å². The highest BCUT2D eigenvalue weighted by atomic mass is 32.1. The quantitative estimate of drug-likeness (QED) is 0.686. The summed E-state index contributed by atoms with van der Waals surface area (Å²) in [5, 5.41) is 4.21. The molecule has 1 N–H and O–H groups in total. The maximum absolute atomic E-state index is 5.30. The molecule has 1 fully saturated rings. The molecule has 3 heteroatoms. The van der Waals surface area contributed by atoms with E-state index in [2.05, 4.69) is 31.0 Å². The van der Waals surface area contributed by atoms with Gasteiger partial charge in [-0.1, -0.05) is 20.8 Å². The molecule has 0 radical (unpaired) electrons. The van der Waals surface area contributed by atoms with Crippen molar-refractivity contribution in [3.8, 4) is 0 Å². The first kappa shape index (κ1) is 10.8. The normalized spacial score (nSPS) is 20.4. The van der Waals surface area contributed by atoms with Crippen molar-refractivity contribution in [1.82, 2.24) is 10.2 Å². The maximum atomic E-state index is 5.30. The van der Waals surface area contributed by atoms with Gasteiger partial charge in [0.05, 0.1) is 0 Å². The highest BCUT2D eigenvalue weighted by molar-refractivity contribution is 7.80. The minimum Gasteiger partial charge on any atom is -0.363 e. The molecule has 0 aromatic heterocycles. The van der Waals surface area contributed by atoms with Gasteiger partial charge < -0.3 is 10.2 Å². The summed E-state index contributed by atoms with van der Waals surface area (Å²) in [6, 6.07) is 0. The molecule has 1 heterocycles. The topological polar surface area (TPSA) is 15.3 Å². The van der Waals surface area contributed by atoms with Crippen LogP contribution in [0.4, 0.5) is 0 Å². The standard InChI is InChI=1S/C10H20N2S/c1-4-6-11-9(13)12-7-5-10(2,3)8-12/h4-8H2,1-3H3,(H,11,13). The summed E-state index contributed by atoms with van der Waals surface area (Å²) in [6.07, 6.45) is 2.39. The molecule has 1 saturated heterocycles. The number of nitrogens with one attached hydrogen (secondary N) is 1. The van der Waals surface area contributed by atoms with Gasteiger partial charge in [-0.3, -0.25) is 0 Å². The predicted octanol–water partition coefficient (Wildman–Crippen LogP) is 2.00. The molecule has 0 spiro atoms. The average molecular weight is 200 g/mol. The van der Waals surface area contributed by atoms with E-state index < -0.39 is 0 Å². The first-order valence-corrected chi connectivity index (χ1v) is 5.49. The van der Waals surface area contributed by atoms with E-state index in [0.717, 1.165) is 31.2 Å². The summed E-state index contributed by atoms with van der Waals surface area (Å²) in [7, 11) is 0. The van der Waals surface area contributed by atoms with Crippen molar-refractivity contribution >= 4 is 17.3 Å². The van der Waals surface area contributed by atoms with Gasteiger partial charge in [0.2, 0.25) is 0 Å². The zero-order chi connectivity index (χ0) is 9.90. The Morgan fingerprint density at radius 2 is 2.23 bits per heavy atom. The van der Waals surface area contributed by atoms with Gasteiger partial charge >= 0.3 is 0 Å². The fourth-order valence-electron chi connectivity index (χ4n) is 1.63. The third-order valence-corrected chi connectivity index (χ3v) is 2.89. The van der Waals surface area contributed by atoms with Crippen molar-refractivity contribution in [2.45, 2.75) is 33.6 Å². The van der Waals surface area contributed by atoms with Crippen LogP contribution in [0.5, 0.6) is 0 Å². The lowest BCUT2D eigenvalue weighted by Gasteiger charge is -2.22.